The van der Waals surface area contributed by atoms with Crippen molar-refractivity contribution >= 4 is 5.97 Å². The van der Waals surface area contributed by atoms with Gasteiger partial charge in [-0.05, 0) is 30.7 Å². The van der Waals surface area contributed by atoms with Crippen molar-refractivity contribution in [2.45, 2.75) is 32.0 Å². The first-order valence-electron chi connectivity index (χ1n) is 6.35. The van der Waals surface area contributed by atoms with E-state index in [0.717, 1.165) is 18.6 Å². The number of carbonyl (C=O) groups is 1. The summed E-state index contributed by atoms with van der Waals surface area (Å²) in [5.41, 5.74) is -0.290. The second kappa shape index (κ2) is 7.28. The topological polar surface area (TPSA) is 38.3 Å². The highest BCUT2D eigenvalue weighted by Gasteiger charge is 2.31. The van der Waals surface area contributed by atoms with Gasteiger partial charge in [0.05, 0.1) is 19.1 Å². The highest BCUT2D eigenvalue weighted by Crippen LogP contribution is 2.31. The molecule has 0 saturated heterocycles. The molecule has 1 aromatic rings. The first-order valence-corrected chi connectivity index (χ1v) is 6.35. The zero-order valence-electron chi connectivity index (χ0n) is 11.5. The molecule has 1 atom stereocenters. The molecular formula is C14H18F3NO2. The SMILES string of the molecule is CCCNC(CC(=O)OC)c1cccc(C(F)(F)F)c1. The molecule has 0 amide bonds. The van der Waals surface area contributed by atoms with Gasteiger partial charge in [-0.25, -0.2) is 0 Å². The summed E-state index contributed by atoms with van der Waals surface area (Å²) in [6.45, 7) is 2.55. The summed E-state index contributed by atoms with van der Waals surface area (Å²) < 4.78 is 42.7. The Bertz CT molecular complexity index is 446. The fraction of sp³-hybridized carbons (Fsp3) is 0.500. The molecule has 0 heterocycles. The lowest BCUT2D eigenvalue weighted by molar-refractivity contribution is -0.141. The Hall–Kier alpha value is -1.56. The van der Waals surface area contributed by atoms with E-state index in [2.05, 4.69) is 10.1 Å². The van der Waals surface area contributed by atoms with Crippen LogP contribution in [0.5, 0.6) is 0 Å². The molecular weight excluding hydrogens is 271 g/mol. The molecule has 0 bridgehead atoms. The number of carbonyl (C=O) groups excluding carboxylic acids is 1. The average molecular weight is 289 g/mol. The number of hydrogen-bond donors (Lipinski definition) is 1. The third-order valence-corrected chi connectivity index (χ3v) is 2.86. The Kier molecular flexibility index (Phi) is 6.01. The standard InChI is InChI=1S/C14H18F3NO2/c1-3-7-18-12(9-13(19)20-2)10-5-4-6-11(8-10)14(15,16)17/h4-6,8,12,18H,3,7,9H2,1-2H3. The van der Waals surface area contributed by atoms with Gasteiger partial charge in [0.1, 0.15) is 0 Å². The molecule has 0 saturated carbocycles. The Balaban J connectivity index is 2.97. The molecule has 1 unspecified atom stereocenters. The number of rotatable bonds is 6. The Morgan fingerprint density at radius 2 is 2.10 bits per heavy atom. The van der Waals surface area contributed by atoms with Crippen molar-refractivity contribution in [2.24, 2.45) is 0 Å². The van der Waals surface area contributed by atoms with Gasteiger partial charge in [0.2, 0.25) is 0 Å². The van der Waals surface area contributed by atoms with Crippen molar-refractivity contribution in [3.63, 3.8) is 0 Å². The molecule has 0 radical (unpaired) electrons. The predicted molar refractivity (Wildman–Crippen MR) is 69.1 cm³/mol. The molecule has 0 aliphatic carbocycles. The number of alkyl halides is 3. The van der Waals surface area contributed by atoms with Gasteiger partial charge < -0.3 is 10.1 Å². The molecule has 20 heavy (non-hydrogen) atoms. The van der Waals surface area contributed by atoms with Gasteiger partial charge >= 0.3 is 12.1 Å². The average Bonchev–Trinajstić information content (AvgIpc) is 2.42. The highest BCUT2D eigenvalue weighted by atomic mass is 19.4. The Morgan fingerprint density at radius 3 is 2.65 bits per heavy atom. The summed E-state index contributed by atoms with van der Waals surface area (Å²) in [5.74, 6) is -0.462. The number of esters is 1. The fourth-order valence-electron chi connectivity index (χ4n) is 1.81. The van der Waals surface area contributed by atoms with E-state index in [4.69, 9.17) is 0 Å². The van der Waals surface area contributed by atoms with E-state index in [9.17, 15) is 18.0 Å². The Morgan fingerprint density at radius 1 is 1.40 bits per heavy atom. The lowest BCUT2D eigenvalue weighted by Crippen LogP contribution is -2.25. The summed E-state index contributed by atoms with van der Waals surface area (Å²) in [6.07, 6.45) is -3.58. The first kappa shape index (κ1) is 16.5. The minimum absolute atomic E-state index is 0.00217. The molecule has 0 aliphatic rings. The first-order chi connectivity index (χ1) is 9.38. The fourth-order valence-corrected chi connectivity index (χ4v) is 1.81. The second-order valence-electron chi connectivity index (χ2n) is 4.41. The van der Waals surface area contributed by atoms with Crippen molar-refractivity contribution < 1.29 is 22.7 Å². The van der Waals surface area contributed by atoms with Crippen LogP contribution in [-0.2, 0) is 15.7 Å². The molecule has 6 heteroatoms. The molecule has 1 aromatic carbocycles. The quantitative estimate of drug-likeness (QED) is 0.817. The molecule has 0 spiro atoms. The van der Waals surface area contributed by atoms with E-state index < -0.39 is 23.8 Å². The number of benzene rings is 1. The number of methoxy groups -OCH3 is 1. The van der Waals surface area contributed by atoms with Gasteiger partial charge in [-0.1, -0.05) is 19.1 Å². The summed E-state index contributed by atoms with van der Waals surface area (Å²) in [4.78, 5) is 11.4. The molecule has 0 aliphatic heterocycles. The minimum Gasteiger partial charge on any atom is -0.469 e. The maximum absolute atomic E-state index is 12.7. The lowest BCUT2D eigenvalue weighted by atomic mass is 10.0. The van der Waals surface area contributed by atoms with Gasteiger partial charge in [0, 0.05) is 6.04 Å². The van der Waals surface area contributed by atoms with Crippen LogP contribution in [0.3, 0.4) is 0 Å². The summed E-state index contributed by atoms with van der Waals surface area (Å²) >= 11 is 0. The third-order valence-electron chi connectivity index (χ3n) is 2.86. The number of nitrogens with one attached hydrogen (secondary N) is 1. The van der Waals surface area contributed by atoms with Gasteiger partial charge in [0.15, 0.2) is 0 Å². The smallest absolute Gasteiger partial charge is 0.416 e. The van der Waals surface area contributed by atoms with Crippen LogP contribution in [-0.4, -0.2) is 19.6 Å². The zero-order valence-corrected chi connectivity index (χ0v) is 11.5. The Labute approximate surface area is 116 Å². The number of hydrogen-bond acceptors (Lipinski definition) is 3. The minimum atomic E-state index is -4.39. The predicted octanol–water partition coefficient (Wildman–Crippen LogP) is 3.31. The number of ether oxygens (including phenoxy) is 1. The molecule has 3 nitrogen and oxygen atoms in total. The van der Waals surface area contributed by atoms with Crippen molar-refractivity contribution in [1.82, 2.24) is 5.32 Å². The van der Waals surface area contributed by atoms with Crippen LogP contribution in [0.4, 0.5) is 13.2 Å². The van der Waals surface area contributed by atoms with Crippen LogP contribution in [0.2, 0.25) is 0 Å². The van der Waals surface area contributed by atoms with Gasteiger partial charge in [-0.15, -0.1) is 0 Å². The van der Waals surface area contributed by atoms with E-state index >= 15 is 0 Å². The summed E-state index contributed by atoms with van der Waals surface area (Å²) in [6, 6.07) is 4.51. The highest BCUT2D eigenvalue weighted by molar-refractivity contribution is 5.70. The molecule has 0 aromatic heterocycles. The zero-order chi connectivity index (χ0) is 15.2. The molecule has 1 N–H and O–H groups in total. The van der Waals surface area contributed by atoms with Crippen molar-refractivity contribution in [3.05, 3.63) is 35.4 Å². The van der Waals surface area contributed by atoms with Crippen molar-refractivity contribution in [2.75, 3.05) is 13.7 Å². The normalized spacial score (nSPS) is 13.1. The van der Waals surface area contributed by atoms with E-state index in [1.807, 2.05) is 6.92 Å². The number of halogens is 3. The van der Waals surface area contributed by atoms with Crippen LogP contribution >= 0.6 is 0 Å². The summed E-state index contributed by atoms with van der Waals surface area (Å²) in [5, 5.41) is 3.06. The van der Waals surface area contributed by atoms with E-state index in [0.29, 0.717) is 12.1 Å². The largest absolute Gasteiger partial charge is 0.469 e. The van der Waals surface area contributed by atoms with Gasteiger partial charge in [-0.2, -0.15) is 13.2 Å². The third kappa shape index (κ3) is 4.85. The van der Waals surface area contributed by atoms with E-state index in [1.165, 1.54) is 13.2 Å². The van der Waals surface area contributed by atoms with Crippen molar-refractivity contribution in [1.29, 1.82) is 0 Å². The van der Waals surface area contributed by atoms with E-state index in [-0.39, 0.29) is 6.42 Å². The second-order valence-corrected chi connectivity index (χ2v) is 4.41. The molecule has 0 fully saturated rings. The van der Waals surface area contributed by atoms with Crippen LogP contribution < -0.4 is 5.32 Å². The van der Waals surface area contributed by atoms with Gasteiger partial charge in [-0.3, -0.25) is 4.79 Å². The van der Waals surface area contributed by atoms with Crippen LogP contribution in [0.25, 0.3) is 0 Å². The van der Waals surface area contributed by atoms with Crippen LogP contribution in [0.1, 0.15) is 36.9 Å². The maximum atomic E-state index is 12.7. The van der Waals surface area contributed by atoms with E-state index in [1.54, 1.807) is 6.07 Å². The molecule has 1 rings (SSSR count). The van der Waals surface area contributed by atoms with Crippen LogP contribution in [0.15, 0.2) is 24.3 Å². The monoisotopic (exact) mass is 289 g/mol. The lowest BCUT2D eigenvalue weighted by Gasteiger charge is -2.19. The van der Waals surface area contributed by atoms with Crippen LogP contribution in [0, 0.1) is 0 Å². The van der Waals surface area contributed by atoms with Gasteiger partial charge in [0.25, 0.3) is 0 Å². The summed E-state index contributed by atoms with van der Waals surface area (Å²) in [7, 11) is 1.26. The maximum Gasteiger partial charge on any atom is 0.416 e. The molecule has 112 valence electrons. The van der Waals surface area contributed by atoms with Crippen molar-refractivity contribution in [3.8, 4) is 0 Å².